The molecule has 1 aromatic heterocycles. The molecule has 1 heterocycles. The molecule has 2 N–H and O–H groups in total. The summed E-state index contributed by atoms with van der Waals surface area (Å²) in [5.41, 5.74) is 5.64. The van der Waals surface area contributed by atoms with E-state index in [0.29, 0.717) is 6.54 Å². The minimum atomic E-state index is 0.484. The van der Waals surface area contributed by atoms with E-state index in [0.717, 1.165) is 24.6 Å². The molecule has 0 saturated heterocycles. The second-order valence-electron chi connectivity index (χ2n) is 4.85. The van der Waals surface area contributed by atoms with Gasteiger partial charge in [0.2, 0.25) is 0 Å². The van der Waals surface area contributed by atoms with Gasteiger partial charge in [-0.3, -0.25) is 0 Å². The van der Waals surface area contributed by atoms with Gasteiger partial charge in [0, 0.05) is 13.0 Å². The number of unbranched alkanes of at least 4 members (excludes halogenated alkanes) is 6. The Morgan fingerprint density at radius 3 is 2.11 bits per heavy atom. The van der Waals surface area contributed by atoms with Crippen LogP contribution in [0.2, 0.25) is 0 Å². The molecular weight excluding hydrogens is 224 g/mol. The van der Waals surface area contributed by atoms with Crippen molar-refractivity contribution in [1.82, 2.24) is 14.8 Å². The number of hydrogen-bond donors (Lipinski definition) is 1. The van der Waals surface area contributed by atoms with E-state index in [2.05, 4.69) is 28.6 Å². The van der Waals surface area contributed by atoms with Crippen molar-refractivity contribution in [1.29, 1.82) is 0 Å². The van der Waals surface area contributed by atoms with E-state index in [1.807, 2.05) is 0 Å². The molecule has 0 amide bonds. The molecule has 4 heteroatoms. The number of nitrogens with two attached hydrogens (primary N) is 1. The topological polar surface area (TPSA) is 56.7 Å². The van der Waals surface area contributed by atoms with Crippen molar-refractivity contribution in [3.63, 3.8) is 0 Å². The highest BCUT2D eigenvalue weighted by molar-refractivity contribution is 4.95. The molecule has 0 atom stereocenters. The van der Waals surface area contributed by atoms with Gasteiger partial charge < -0.3 is 10.3 Å². The minimum Gasteiger partial charge on any atom is -0.324 e. The Bertz CT molecular complexity index is 320. The van der Waals surface area contributed by atoms with Gasteiger partial charge in [0.05, 0.1) is 6.54 Å². The summed E-state index contributed by atoms with van der Waals surface area (Å²) in [6, 6.07) is 0. The average molecular weight is 252 g/mol. The first-order valence-electron chi connectivity index (χ1n) is 7.44. The normalized spacial score (nSPS) is 11.1. The van der Waals surface area contributed by atoms with Gasteiger partial charge in [-0.1, -0.05) is 45.4 Å². The zero-order chi connectivity index (χ0) is 13.2. The number of rotatable bonds is 10. The van der Waals surface area contributed by atoms with Gasteiger partial charge in [0.25, 0.3) is 0 Å². The molecule has 0 fully saturated rings. The van der Waals surface area contributed by atoms with Crippen LogP contribution in [0, 0.1) is 0 Å². The van der Waals surface area contributed by atoms with Gasteiger partial charge in [-0.05, 0) is 13.3 Å². The Morgan fingerprint density at radius 2 is 1.50 bits per heavy atom. The molecule has 0 aliphatic rings. The molecule has 1 aromatic rings. The molecule has 0 aliphatic carbocycles. The summed E-state index contributed by atoms with van der Waals surface area (Å²) in [5, 5.41) is 8.37. The first-order valence-corrected chi connectivity index (χ1v) is 7.44. The van der Waals surface area contributed by atoms with Crippen molar-refractivity contribution < 1.29 is 0 Å². The van der Waals surface area contributed by atoms with Crippen LogP contribution in [0.5, 0.6) is 0 Å². The Hall–Kier alpha value is -0.900. The lowest BCUT2D eigenvalue weighted by Gasteiger charge is -2.06. The molecule has 4 nitrogen and oxygen atoms in total. The molecule has 0 unspecified atom stereocenters. The quantitative estimate of drug-likeness (QED) is 0.651. The van der Waals surface area contributed by atoms with Crippen molar-refractivity contribution in [3.05, 3.63) is 11.6 Å². The van der Waals surface area contributed by atoms with Gasteiger partial charge >= 0.3 is 0 Å². The van der Waals surface area contributed by atoms with Crippen LogP contribution in [0.25, 0.3) is 0 Å². The van der Waals surface area contributed by atoms with Crippen LogP contribution in [0.15, 0.2) is 0 Å². The number of hydrogen-bond acceptors (Lipinski definition) is 3. The second-order valence-corrected chi connectivity index (χ2v) is 4.85. The van der Waals surface area contributed by atoms with E-state index in [1.54, 1.807) is 0 Å². The van der Waals surface area contributed by atoms with Crippen LogP contribution >= 0.6 is 0 Å². The zero-order valence-corrected chi connectivity index (χ0v) is 12.0. The predicted molar refractivity (Wildman–Crippen MR) is 75.3 cm³/mol. The first kappa shape index (κ1) is 15.2. The molecule has 0 bridgehead atoms. The predicted octanol–water partition coefficient (Wildman–Crippen LogP) is 3.05. The fourth-order valence-corrected chi connectivity index (χ4v) is 2.31. The van der Waals surface area contributed by atoms with Gasteiger partial charge in [-0.25, -0.2) is 0 Å². The third-order valence-corrected chi connectivity index (χ3v) is 3.41. The molecule has 0 aliphatic heterocycles. The largest absolute Gasteiger partial charge is 0.324 e. The van der Waals surface area contributed by atoms with Crippen molar-refractivity contribution in [2.24, 2.45) is 5.73 Å². The highest BCUT2D eigenvalue weighted by atomic mass is 15.3. The monoisotopic (exact) mass is 252 g/mol. The van der Waals surface area contributed by atoms with Gasteiger partial charge in [-0.15, -0.1) is 10.2 Å². The third-order valence-electron chi connectivity index (χ3n) is 3.41. The van der Waals surface area contributed by atoms with Crippen LogP contribution in [0.1, 0.15) is 70.4 Å². The molecular formula is C14H28N4. The minimum absolute atomic E-state index is 0.484. The van der Waals surface area contributed by atoms with E-state index in [1.165, 1.54) is 44.9 Å². The maximum absolute atomic E-state index is 5.64. The van der Waals surface area contributed by atoms with E-state index < -0.39 is 0 Å². The Kier molecular flexibility index (Phi) is 7.65. The maximum atomic E-state index is 5.64. The van der Waals surface area contributed by atoms with E-state index in [-0.39, 0.29) is 0 Å². The highest BCUT2D eigenvalue weighted by Crippen LogP contribution is 2.10. The smallest absolute Gasteiger partial charge is 0.146 e. The summed E-state index contributed by atoms with van der Waals surface area (Å²) >= 11 is 0. The van der Waals surface area contributed by atoms with Gasteiger partial charge in [0.1, 0.15) is 11.6 Å². The van der Waals surface area contributed by atoms with Crippen LogP contribution in [-0.4, -0.2) is 14.8 Å². The fraction of sp³-hybridized carbons (Fsp3) is 0.857. The second kappa shape index (κ2) is 9.09. The lowest BCUT2D eigenvalue weighted by atomic mass is 10.1. The summed E-state index contributed by atoms with van der Waals surface area (Å²) in [7, 11) is 0. The SMILES string of the molecule is CCCCCCCCCc1nnc(CN)n1CC. The highest BCUT2D eigenvalue weighted by Gasteiger charge is 2.08. The van der Waals surface area contributed by atoms with Crippen molar-refractivity contribution in [3.8, 4) is 0 Å². The van der Waals surface area contributed by atoms with Crippen LogP contribution in [0.3, 0.4) is 0 Å². The zero-order valence-electron chi connectivity index (χ0n) is 12.0. The summed E-state index contributed by atoms with van der Waals surface area (Å²) < 4.78 is 2.15. The summed E-state index contributed by atoms with van der Waals surface area (Å²) in [6.07, 6.45) is 10.4. The van der Waals surface area contributed by atoms with Crippen LogP contribution < -0.4 is 5.73 Å². The average Bonchev–Trinajstić information content (AvgIpc) is 2.79. The molecule has 104 valence electrons. The standard InChI is InChI=1S/C14H28N4/c1-3-5-6-7-8-9-10-11-13-16-17-14(12-15)18(13)4-2/h3-12,15H2,1-2H3. The lowest BCUT2D eigenvalue weighted by Crippen LogP contribution is -2.09. The van der Waals surface area contributed by atoms with Gasteiger partial charge in [0.15, 0.2) is 0 Å². The first-order chi connectivity index (χ1) is 8.83. The third kappa shape index (κ3) is 4.77. The lowest BCUT2D eigenvalue weighted by molar-refractivity contribution is 0.572. The summed E-state index contributed by atoms with van der Waals surface area (Å²) in [5.74, 6) is 2.02. The van der Waals surface area contributed by atoms with Crippen molar-refractivity contribution in [2.45, 2.75) is 78.3 Å². The molecule has 0 saturated carbocycles. The molecule has 0 aromatic carbocycles. The van der Waals surface area contributed by atoms with Crippen molar-refractivity contribution in [2.75, 3.05) is 0 Å². The summed E-state index contributed by atoms with van der Waals surface area (Å²) in [6.45, 7) is 5.78. The van der Waals surface area contributed by atoms with Crippen LogP contribution in [-0.2, 0) is 19.5 Å². The molecule has 0 radical (unpaired) electrons. The number of aryl methyl sites for hydroxylation is 1. The number of aromatic nitrogens is 3. The van der Waals surface area contributed by atoms with Gasteiger partial charge in [-0.2, -0.15) is 0 Å². The maximum Gasteiger partial charge on any atom is 0.146 e. The molecule has 0 spiro atoms. The molecule has 18 heavy (non-hydrogen) atoms. The van der Waals surface area contributed by atoms with Crippen molar-refractivity contribution >= 4 is 0 Å². The Morgan fingerprint density at radius 1 is 0.889 bits per heavy atom. The Labute approximate surface area is 111 Å². The van der Waals surface area contributed by atoms with E-state index in [9.17, 15) is 0 Å². The summed E-state index contributed by atoms with van der Waals surface area (Å²) in [4.78, 5) is 0. The van der Waals surface area contributed by atoms with Crippen LogP contribution in [0.4, 0.5) is 0 Å². The fourth-order valence-electron chi connectivity index (χ4n) is 2.31. The molecule has 1 rings (SSSR count). The van der Waals surface area contributed by atoms with E-state index in [4.69, 9.17) is 5.73 Å². The number of nitrogens with zero attached hydrogens (tertiary/aromatic N) is 3. The van der Waals surface area contributed by atoms with E-state index >= 15 is 0 Å². The Balaban J connectivity index is 2.21.